The summed E-state index contributed by atoms with van der Waals surface area (Å²) in [7, 11) is 3.95. The minimum absolute atomic E-state index is 0.760. The van der Waals surface area contributed by atoms with E-state index >= 15 is 0 Å². The van der Waals surface area contributed by atoms with Crippen molar-refractivity contribution in [3.8, 4) is 5.75 Å². The Morgan fingerprint density at radius 3 is 2.77 bits per heavy atom. The third-order valence-electron chi connectivity index (χ3n) is 5.74. The van der Waals surface area contributed by atoms with E-state index in [0.29, 0.717) is 0 Å². The van der Waals surface area contributed by atoms with Crippen LogP contribution in [0.4, 0.5) is 0 Å². The molecule has 3 heterocycles. The van der Waals surface area contributed by atoms with Crippen LogP contribution in [0, 0.1) is 0 Å². The number of fused-ring (bicyclic) bond motifs is 1. The third kappa shape index (κ3) is 3.89. The molecule has 0 amide bonds. The summed E-state index contributed by atoms with van der Waals surface area (Å²) in [6, 6.07) is 8.91. The van der Waals surface area contributed by atoms with Crippen molar-refractivity contribution < 1.29 is 4.74 Å². The van der Waals surface area contributed by atoms with E-state index in [1.165, 1.54) is 42.6 Å². The van der Waals surface area contributed by atoms with Gasteiger partial charge in [0.1, 0.15) is 11.6 Å². The number of likely N-dealkylation sites (tertiary alicyclic amines) is 1. The molecule has 0 N–H and O–H groups in total. The Kier molecular flexibility index (Phi) is 5.18. The first-order valence-electron chi connectivity index (χ1n) is 9.60. The van der Waals surface area contributed by atoms with Crippen LogP contribution in [0.25, 0.3) is 0 Å². The third-order valence-corrected chi connectivity index (χ3v) is 5.74. The molecule has 1 saturated heterocycles. The van der Waals surface area contributed by atoms with Gasteiger partial charge in [-0.05, 0) is 50.6 Å². The molecule has 0 saturated carbocycles. The van der Waals surface area contributed by atoms with Crippen molar-refractivity contribution in [3.63, 3.8) is 0 Å². The highest BCUT2D eigenvalue weighted by atomic mass is 16.5. The van der Waals surface area contributed by atoms with Gasteiger partial charge in [-0.3, -0.25) is 4.90 Å². The number of rotatable bonds is 6. The number of nitrogens with zero attached hydrogens (tertiary/aromatic N) is 4. The van der Waals surface area contributed by atoms with Gasteiger partial charge in [0.15, 0.2) is 0 Å². The van der Waals surface area contributed by atoms with Gasteiger partial charge in [0.05, 0.1) is 12.8 Å². The highest BCUT2D eigenvalue weighted by Crippen LogP contribution is 2.24. The summed E-state index contributed by atoms with van der Waals surface area (Å²) in [6.45, 7) is 4.36. The second-order valence-electron chi connectivity index (χ2n) is 7.56. The molecule has 0 bridgehead atoms. The number of aromatic nitrogens is 2. The smallest absolute Gasteiger partial charge is 0.132 e. The highest BCUT2D eigenvalue weighted by molar-refractivity contribution is 5.29. The zero-order valence-corrected chi connectivity index (χ0v) is 15.8. The van der Waals surface area contributed by atoms with Gasteiger partial charge in [-0.15, -0.1) is 0 Å². The Hall–Kier alpha value is -1.98. The Balaban J connectivity index is 1.35. The minimum atomic E-state index is 0.760. The Labute approximate surface area is 156 Å². The predicted octanol–water partition coefficient (Wildman–Crippen LogP) is 2.88. The van der Waals surface area contributed by atoms with Crippen LogP contribution < -0.4 is 4.74 Å². The fraction of sp³-hybridized carbons (Fsp3) is 0.524. The molecule has 5 nitrogen and oxygen atoms in total. The Bertz CT molecular complexity index is 746. The van der Waals surface area contributed by atoms with Crippen LogP contribution >= 0.6 is 0 Å². The lowest BCUT2D eigenvalue weighted by Gasteiger charge is -2.22. The minimum Gasteiger partial charge on any atom is -0.497 e. The maximum atomic E-state index is 5.22. The van der Waals surface area contributed by atoms with Crippen LogP contribution in [-0.2, 0) is 19.5 Å². The largest absolute Gasteiger partial charge is 0.497 e. The summed E-state index contributed by atoms with van der Waals surface area (Å²) in [4.78, 5) is 14.5. The fourth-order valence-electron chi connectivity index (χ4n) is 4.11. The summed E-state index contributed by atoms with van der Waals surface area (Å²) in [5.74, 6) is 1.79. The van der Waals surface area contributed by atoms with E-state index in [9.17, 15) is 0 Å². The molecule has 2 aliphatic heterocycles. The van der Waals surface area contributed by atoms with Crippen molar-refractivity contribution >= 4 is 0 Å². The number of hydrogen-bond donors (Lipinski definition) is 0. The molecule has 5 heteroatoms. The summed E-state index contributed by atoms with van der Waals surface area (Å²) in [6.07, 6.45) is 6.76. The summed E-state index contributed by atoms with van der Waals surface area (Å²) < 4.78 is 5.22. The van der Waals surface area contributed by atoms with Crippen molar-refractivity contribution in [2.24, 2.45) is 0 Å². The highest BCUT2D eigenvalue weighted by Gasteiger charge is 2.25. The molecule has 26 heavy (non-hydrogen) atoms. The first-order valence-corrected chi connectivity index (χ1v) is 9.60. The first kappa shape index (κ1) is 17.4. The van der Waals surface area contributed by atoms with Crippen molar-refractivity contribution in [1.82, 2.24) is 19.8 Å². The molecule has 0 radical (unpaired) electrons. The van der Waals surface area contributed by atoms with Gasteiger partial charge in [-0.25, -0.2) is 9.97 Å². The van der Waals surface area contributed by atoms with Crippen molar-refractivity contribution in [2.75, 3.05) is 27.2 Å². The Morgan fingerprint density at radius 1 is 1.19 bits per heavy atom. The summed E-state index contributed by atoms with van der Waals surface area (Å²) >= 11 is 0. The van der Waals surface area contributed by atoms with Crippen LogP contribution in [0.3, 0.4) is 0 Å². The molecule has 2 aliphatic rings. The van der Waals surface area contributed by atoms with Crippen molar-refractivity contribution in [1.29, 1.82) is 0 Å². The van der Waals surface area contributed by atoms with E-state index in [1.807, 2.05) is 18.3 Å². The van der Waals surface area contributed by atoms with Crippen LogP contribution in [0.2, 0.25) is 0 Å². The summed E-state index contributed by atoms with van der Waals surface area (Å²) in [5.41, 5.74) is 3.72. The van der Waals surface area contributed by atoms with Gasteiger partial charge < -0.3 is 9.64 Å². The molecule has 0 unspecified atom stereocenters. The number of hydrogen-bond acceptors (Lipinski definition) is 5. The average Bonchev–Trinajstić information content (AvgIpc) is 3.25. The summed E-state index contributed by atoms with van der Waals surface area (Å²) in [5, 5.41) is 0. The maximum Gasteiger partial charge on any atom is 0.132 e. The van der Waals surface area contributed by atoms with E-state index in [-0.39, 0.29) is 0 Å². The zero-order valence-electron chi connectivity index (χ0n) is 15.8. The van der Waals surface area contributed by atoms with Gasteiger partial charge >= 0.3 is 0 Å². The topological polar surface area (TPSA) is 41.5 Å². The molecule has 1 fully saturated rings. The SMILES string of the molecule is COc1ccc(Cc2ncc3c(n2)CN(CC[C@H]2CCCN2C)C3)cc1. The normalized spacial score (nSPS) is 20.5. The second-order valence-corrected chi connectivity index (χ2v) is 7.56. The van der Waals surface area contributed by atoms with E-state index in [4.69, 9.17) is 9.72 Å². The molecular weight excluding hydrogens is 324 g/mol. The van der Waals surface area contributed by atoms with E-state index in [2.05, 4.69) is 34.0 Å². The molecule has 1 atom stereocenters. The molecule has 1 aromatic heterocycles. The van der Waals surface area contributed by atoms with Gasteiger partial charge in [0.2, 0.25) is 0 Å². The number of benzene rings is 1. The molecule has 0 aliphatic carbocycles. The van der Waals surface area contributed by atoms with Gasteiger partial charge in [0.25, 0.3) is 0 Å². The monoisotopic (exact) mass is 352 g/mol. The van der Waals surface area contributed by atoms with Crippen molar-refractivity contribution in [3.05, 3.63) is 53.1 Å². The van der Waals surface area contributed by atoms with Gasteiger partial charge in [0, 0.05) is 43.9 Å². The number of methoxy groups -OCH3 is 1. The quantitative estimate of drug-likeness (QED) is 0.800. The molecule has 0 spiro atoms. The molecule has 4 rings (SSSR count). The van der Waals surface area contributed by atoms with Gasteiger partial charge in [-0.2, -0.15) is 0 Å². The van der Waals surface area contributed by atoms with Crippen molar-refractivity contribution in [2.45, 2.75) is 44.8 Å². The van der Waals surface area contributed by atoms with Gasteiger partial charge in [-0.1, -0.05) is 12.1 Å². The Morgan fingerprint density at radius 2 is 2.04 bits per heavy atom. The molecule has 2 aromatic rings. The second kappa shape index (κ2) is 7.72. The lowest BCUT2D eigenvalue weighted by atomic mass is 10.1. The maximum absolute atomic E-state index is 5.22. The lowest BCUT2D eigenvalue weighted by molar-refractivity contribution is 0.225. The van der Waals surface area contributed by atoms with Crippen LogP contribution in [0.5, 0.6) is 5.75 Å². The number of ether oxygens (including phenoxy) is 1. The van der Waals surface area contributed by atoms with Crippen LogP contribution in [-0.4, -0.2) is 53.1 Å². The average molecular weight is 352 g/mol. The molecule has 138 valence electrons. The lowest BCUT2D eigenvalue weighted by Crippen LogP contribution is -2.29. The molecule has 1 aromatic carbocycles. The van der Waals surface area contributed by atoms with E-state index in [0.717, 1.165) is 43.7 Å². The van der Waals surface area contributed by atoms with Crippen LogP contribution in [0.1, 0.15) is 41.9 Å². The molecular formula is C21H28N4O. The standard InChI is InChI=1S/C21H28N4O/c1-24-10-3-4-18(24)9-11-25-14-17-13-22-21(23-20(17)15-25)12-16-5-7-19(26-2)8-6-16/h5-8,13,18H,3-4,9-12,14-15H2,1-2H3/t18-/m1/s1. The first-order chi connectivity index (χ1) is 12.7. The predicted molar refractivity (Wildman–Crippen MR) is 102 cm³/mol. The fourth-order valence-corrected chi connectivity index (χ4v) is 4.11. The van der Waals surface area contributed by atoms with E-state index in [1.54, 1.807) is 7.11 Å². The van der Waals surface area contributed by atoms with E-state index < -0.39 is 0 Å². The zero-order chi connectivity index (χ0) is 17.9. The van der Waals surface area contributed by atoms with Crippen LogP contribution in [0.15, 0.2) is 30.5 Å².